The van der Waals surface area contributed by atoms with Gasteiger partial charge in [-0.2, -0.15) is 0 Å². The van der Waals surface area contributed by atoms with E-state index in [0.717, 1.165) is 0 Å². The Kier molecular flexibility index (Phi) is 1.17. The van der Waals surface area contributed by atoms with E-state index >= 15 is 0 Å². The average Bonchev–Trinajstić information content (AvgIpc) is 2.12. The summed E-state index contributed by atoms with van der Waals surface area (Å²) >= 11 is 0. The number of nitrogens with one attached hydrogen (secondary N) is 1. The molecule has 0 aromatic rings. The lowest BCUT2D eigenvalue weighted by Crippen LogP contribution is -2.21. The fraction of sp³-hybridized carbons (Fsp3) is 0.250. The summed E-state index contributed by atoms with van der Waals surface area (Å²) in [6.07, 6.45) is 1.59. The lowest BCUT2D eigenvalue weighted by atomic mass is 10.4. The molecule has 0 radical (unpaired) electrons. The van der Waals surface area contributed by atoms with Gasteiger partial charge in [0.2, 0.25) is 0 Å². The molecule has 1 rings (SSSR count). The van der Waals surface area contributed by atoms with Crippen LogP contribution in [0.4, 0.5) is 0 Å². The molecule has 1 aliphatic rings. The van der Waals surface area contributed by atoms with E-state index in [1.54, 1.807) is 6.08 Å². The van der Waals surface area contributed by atoms with Crippen molar-refractivity contribution in [1.82, 2.24) is 5.48 Å². The van der Waals surface area contributed by atoms with Crippen LogP contribution in [0.3, 0.4) is 0 Å². The van der Waals surface area contributed by atoms with Crippen molar-refractivity contribution in [2.75, 3.05) is 6.61 Å². The average molecular weight is 114 g/mol. The number of hydrogen-bond donors (Lipinski definition) is 2. The van der Waals surface area contributed by atoms with Crippen molar-refractivity contribution in [3.8, 4) is 0 Å². The molecule has 0 aliphatic carbocycles. The van der Waals surface area contributed by atoms with E-state index in [9.17, 15) is 4.79 Å². The van der Waals surface area contributed by atoms with E-state index in [1.165, 1.54) is 0 Å². The number of carbonyl (C=O) groups excluding carboxylic acids is 1. The van der Waals surface area contributed by atoms with Gasteiger partial charge in [-0.1, -0.05) is 0 Å². The molecule has 0 fully saturated rings. The van der Waals surface area contributed by atoms with Crippen LogP contribution >= 0.6 is 0 Å². The van der Waals surface area contributed by atoms with Gasteiger partial charge in [-0.25, -0.2) is 0 Å². The number of carbonyl (C=O) groups is 1. The van der Waals surface area contributed by atoms with Crippen LogP contribution in [0.5, 0.6) is 0 Å². The maximum Gasteiger partial charge on any atom is 0.266 e. The Morgan fingerprint density at radius 1 is 2.00 bits per heavy atom. The smallest absolute Gasteiger partial charge is 0.266 e. The van der Waals surface area contributed by atoms with Gasteiger partial charge in [-0.15, -0.1) is 0 Å². The van der Waals surface area contributed by atoms with Gasteiger partial charge >= 0.3 is 0 Å². The van der Waals surface area contributed by atoms with E-state index < -0.39 is 5.91 Å². The molecular weight excluding hydrogens is 108 g/mol. The van der Waals surface area contributed by atoms with Crippen molar-refractivity contribution >= 4 is 5.91 Å². The Hall–Kier alpha value is -1.03. The van der Waals surface area contributed by atoms with Crippen molar-refractivity contribution in [2.45, 2.75) is 0 Å². The predicted molar refractivity (Wildman–Crippen MR) is 26.4 cm³/mol. The van der Waals surface area contributed by atoms with E-state index in [0.29, 0.717) is 12.3 Å². The largest absolute Gasteiger partial charge is 0.364 e. The standard InChI is InChI=1S/C4H6N2O2/c5-4(7)3-1-2-8-6-3/h1,6H,2H2,(H2,5,7). The van der Waals surface area contributed by atoms with Crippen molar-refractivity contribution < 1.29 is 9.63 Å². The predicted octanol–water partition coefficient (Wildman–Crippen LogP) is -1.11. The molecule has 4 nitrogen and oxygen atoms in total. The Labute approximate surface area is 46.3 Å². The molecule has 0 spiro atoms. The number of amides is 1. The van der Waals surface area contributed by atoms with Gasteiger partial charge < -0.3 is 5.73 Å². The highest BCUT2D eigenvalue weighted by Gasteiger charge is 2.07. The summed E-state index contributed by atoms with van der Waals surface area (Å²) in [6, 6.07) is 0. The normalized spacial score (nSPS) is 17.2. The number of hydroxylamine groups is 1. The molecule has 0 aromatic heterocycles. The number of nitrogens with two attached hydrogens (primary N) is 1. The summed E-state index contributed by atoms with van der Waals surface area (Å²) < 4.78 is 0. The van der Waals surface area contributed by atoms with Gasteiger partial charge in [-0.3, -0.25) is 15.1 Å². The summed E-state index contributed by atoms with van der Waals surface area (Å²) in [5.74, 6) is -0.484. The van der Waals surface area contributed by atoms with Crippen LogP contribution < -0.4 is 11.2 Å². The van der Waals surface area contributed by atoms with Crippen LogP contribution in [0, 0.1) is 0 Å². The maximum absolute atomic E-state index is 10.2. The molecule has 0 aromatic carbocycles. The van der Waals surface area contributed by atoms with Crippen LogP contribution in [0.25, 0.3) is 0 Å². The zero-order chi connectivity index (χ0) is 5.98. The fourth-order valence-electron chi connectivity index (χ4n) is 0.437. The van der Waals surface area contributed by atoms with Gasteiger partial charge in [0.05, 0.1) is 6.61 Å². The summed E-state index contributed by atoms with van der Waals surface area (Å²) in [6.45, 7) is 0.415. The van der Waals surface area contributed by atoms with Crippen LogP contribution in [0.1, 0.15) is 0 Å². The van der Waals surface area contributed by atoms with Crippen molar-refractivity contribution in [1.29, 1.82) is 0 Å². The van der Waals surface area contributed by atoms with E-state index in [-0.39, 0.29) is 0 Å². The summed E-state index contributed by atoms with van der Waals surface area (Å²) in [7, 11) is 0. The lowest BCUT2D eigenvalue weighted by Gasteiger charge is -1.93. The third kappa shape index (κ3) is 0.788. The Balaban J connectivity index is 2.57. The summed E-state index contributed by atoms with van der Waals surface area (Å²) in [4.78, 5) is 14.8. The van der Waals surface area contributed by atoms with Crippen molar-refractivity contribution in [3.05, 3.63) is 11.8 Å². The van der Waals surface area contributed by atoms with Crippen LogP contribution in [0.2, 0.25) is 0 Å². The first-order chi connectivity index (χ1) is 3.80. The first-order valence-corrected chi connectivity index (χ1v) is 2.18. The van der Waals surface area contributed by atoms with Gasteiger partial charge in [0, 0.05) is 0 Å². The molecular formula is C4H6N2O2. The van der Waals surface area contributed by atoms with E-state index in [1.807, 2.05) is 0 Å². The molecule has 0 saturated carbocycles. The first-order valence-electron chi connectivity index (χ1n) is 2.18. The highest BCUT2D eigenvalue weighted by atomic mass is 16.6. The summed E-state index contributed by atoms with van der Waals surface area (Å²) in [5, 5.41) is 0. The Morgan fingerprint density at radius 2 is 2.75 bits per heavy atom. The van der Waals surface area contributed by atoms with Gasteiger partial charge in [0.15, 0.2) is 0 Å². The Morgan fingerprint density at radius 3 is 3.00 bits per heavy atom. The lowest BCUT2D eigenvalue weighted by molar-refractivity contribution is -0.115. The zero-order valence-corrected chi connectivity index (χ0v) is 4.18. The second-order valence-electron chi connectivity index (χ2n) is 1.40. The van der Waals surface area contributed by atoms with Crippen LogP contribution in [-0.4, -0.2) is 12.5 Å². The fourth-order valence-corrected chi connectivity index (χ4v) is 0.437. The molecule has 0 unspecified atom stereocenters. The minimum Gasteiger partial charge on any atom is -0.364 e. The molecule has 4 heteroatoms. The highest BCUT2D eigenvalue weighted by Crippen LogP contribution is 1.94. The second kappa shape index (κ2) is 1.83. The molecule has 0 bridgehead atoms. The maximum atomic E-state index is 10.2. The molecule has 3 N–H and O–H groups in total. The van der Waals surface area contributed by atoms with Crippen molar-refractivity contribution in [3.63, 3.8) is 0 Å². The second-order valence-corrected chi connectivity index (χ2v) is 1.40. The van der Waals surface area contributed by atoms with E-state index in [4.69, 9.17) is 5.73 Å². The van der Waals surface area contributed by atoms with Crippen LogP contribution in [0.15, 0.2) is 11.8 Å². The number of hydrogen-bond acceptors (Lipinski definition) is 3. The monoisotopic (exact) mass is 114 g/mol. The minimum atomic E-state index is -0.484. The third-order valence-corrected chi connectivity index (χ3v) is 0.818. The van der Waals surface area contributed by atoms with Gasteiger partial charge in [0.1, 0.15) is 5.70 Å². The molecule has 44 valence electrons. The van der Waals surface area contributed by atoms with Gasteiger partial charge in [0.25, 0.3) is 5.91 Å². The van der Waals surface area contributed by atoms with Crippen LogP contribution in [-0.2, 0) is 9.63 Å². The Bertz CT molecular complexity index is 141. The van der Waals surface area contributed by atoms with Gasteiger partial charge in [-0.05, 0) is 6.08 Å². The first kappa shape index (κ1) is 5.11. The molecule has 1 heterocycles. The quantitative estimate of drug-likeness (QED) is 0.454. The number of primary amides is 1. The van der Waals surface area contributed by atoms with E-state index in [2.05, 4.69) is 10.3 Å². The third-order valence-electron chi connectivity index (χ3n) is 0.818. The molecule has 1 amide bonds. The topological polar surface area (TPSA) is 64.4 Å². The molecule has 0 saturated heterocycles. The SMILES string of the molecule is NC(=O)C1=CCON1. The van der Waals surface area contributed by atoms with Crippen molar-refractivity contribution in [2.24, 2.45) is 5.73 Å². The highest BCUT2D eigenvalue weighted by molar-refractivity contribution is 5.91. The molecule has 1 aliphatic heterocycles. The number of rotatable bonds is 1. The zero-order valence-electron chi connectivity index (χ0n) is 4.18. The minimum absolute atomic E-state index is 0.338. The molecule has 8 heavy (non-hydrogen) atoms. The summed E-state index contributed by atoms with van der Waals surface area (Å²) in [5.41, 5.74) is 7.53. The molecule has 0 atom stereocenters.